The zero-order valence-corrected chi connectivity index (χ0v) is 13.7. The number of amides is 1. The van der Waals surface area contributed by atoms with Gasteiger partial charge in [-0.05, 0) is 18.4 Å². The van der Waals surface area contributed by atoms with Crippen molar-refractivity contribution in [1.29, 1.82) is 0 Å². The van der Waals surface area contributed by atoms with Crippen molar-refractivity contribution in [3.05, 3.63) is 54.4 Å². The zero-order valence-electron chi connectivity index (χ0n) is 12.9. The maximum atomic E-state index is 12.2. The summed E-state index contributed by atoms with van der Waals surface area (Å²) in [5.74, 6) is 0.740. The minimum atomic E-state index is -0.127. The summed E-state index contributed by atoms with van der Waals surface area (Å²) in [6.07, 6.45) is 4.12. The highest BCUT2D eigenvalue weighted by atomic mass is 32.2. The van der Waals surface area contributed by atoms with Crippen molar-refractivity contribution in [2.45, 2.75) is 29.7 Å². The van der Waals surface area contributed by atoms with Crippen molar-refractivity contribution >= 4 is 17.7 Å². The average molecular weight is 329 g/mol. The number of hydrogen-bond donors (Lipinski definition) is 0. The maximum Gasteiger partial charge on any atom is 0.277 e. The van der Waals surface area contributed by atoms with Crippen LogP contribution in [0.15, 0.2) is 52.6 Å². The van der Waals surface area contributed by atoms with Gasteiger partial charge in [0.1, 0.15) is 0 Å². The largest absolute Gasteiger partial charge is 0.416 e. The molecule has 120 valence electrons. The van der Waals surface area contributed by atoms with Crippen LogP contribution in [0.4, 0.5) is 0 Å². The lowest BCUT2D eigenvalue weighted by atomic mass is 10.1. The number of nitrogens with zero attached hydrogens (tertiary/aromatic N) is 3. The summed E-state index contributed by atoms with van der Waals surface area (Å²) in [7, 11) is 0. The number of benzene rings is 1. The minimum Gasteiger partial charge on any atom is -0.416 e. The van der Waals surface area contributed by atoms with Gasteiger partial charge in [0.05, 0.1) is 5.25 Å². The fraction of sp³-hybridized carbons (Fsp3) is 0.353. The maximum absolute atomic E-state index is 12.2. The van der Waals surface area contributed by atoms with Crippen molar-refractivity contribution in [3.8, 4) is 0 Å². The van der Waals surface area contributed by atoms with Crippen LogP contribution in [0.25, 0.3) is 0 Å². The number of hydrogen-bond acceptors (Lipinski definition) is 5. The molecular formula is C17H19N3O2S. The number of carbonyl (C=O) groups excluding carboxylic acids is 1. The second-order valence-electron chi connectivity index (χ2n) is 5.42. The lowest BCUT2D eigenvalue weighted by Gasteiger charge is -2.12. The highest BCUT2D eigenvalue weighted by Crippen LogP contribution is 2.29. The van der Waals surface area contributed by atoms with E-state index in [0.717, 1.165) is 19.4 Å². The number of aromatic nitrogens is 2. The van der Waals surface area contributed by atoms with Gasteiger partial charge in [0.25, 0.3) is 5.22 Å². The van der Waals surface area contributed by atoms with Crippen LogP contribution in [0.5, 0.6) is 0 Å². The molecule has 0 radical (unpaired) electrons. The molecule has 0 bridgehead atoms. The van der Waals surface area contributed by atoms with Crippen LogP contribution in [0.2, 0.25) is 0 Å². The molecule has 0 saturated carbocycles. The third-order valence-electron chi connectivity index (χ3n) is 3.76. The van der Waals surface area contributed by atoms with Crippen LogP contribution in [0, 0.1) is 0 Å². The molecule has 1 saturated heterocycles. The van der Waals surface area contributed by atoms with Crippen LogP contribution in [0.1, 0.15) is 17.9 Å². The van der Waals surface area contributed by atoms with Gasteiger partial charge in [-0.25, -0.2) is 0 Å². The Kier molecular flexibility index (Phi) is 5.12. The second-order valence-corrected chi connectivity index (χ2v) is 6.57. The smallest absolute Gasteiger partial charge is 0.277 e. The van der Waals surface area contributed by atoms with Crippen LogP contribution in [-0.4, -0.2) is 39.3 Å². The second kappa shape index (κ2) is 7.46. The Labute approximate surface area is 139 Å². The predicted molar refractivity (Wildman–Crippen MR) is 89.2 cm³/mol. The first-order valence-electron chi connectivity index (χ1n) is 7.69. The number of rotatable bonds is 7. The molecule has 0 aliphatic carbocycles. The summed E-state index contributed by atoms with van der Waals surface area (Å²) in [5.41, 5.74) is 1.24. The molecule has 1 fully saturated rings. The monoisotopic (exact) mass is 329 g/mol. The quantitative estimate of drug-likeness (QED) is 0.731. The first-order chi connectivity index (χ1) is 11.3. The molecule has 1 aromatic heterocycles. The van der Waals surface area contributed by atoms with Gasteiger partial charge in [0, 0.05) is 19.5 Å². The topological polar surface area (TPSA) is 59.2 Å². The Hall–Kier alpha value is -2.08. The average Bonchev–Trinajstić information content (AvgIpc) is 3.16. The molecule has 2 aromatic rings. The molecule has 2 heterocycles. The van der Waals surface area contributed by atoms with Crippen molar-refractivity contribution in [1.82, 2.24) is 15.1 Å². The van der Waals surface area contributed by atoms with Gasteiger partial charge in [-0.1, -0.05) is 48.2 Å². The van der Waals surface area contributed by atoms with Gasteiger partial charge >= 0.3 is 0 Å². The van der Waals surface area contributed by atoms with Gasteiger partial charge in [0.2, 0.25) is 11.8 Å². The molecule has 0 N–H and O–H groups in total. The highest BCUT2D eigenvalue weighted by molar-refractivity contribution is 8.00. The standard InChI is InChI=1S/C17H19N3O2S/c1-2-11-20-12-10-14(16(20)21)23-17-19-18-15(22-17)9-8-13-6-4-3-5-7-13/h2-7,14H,1,8-12H2/t14-/m0/s1. The number of likely N-dealkylation sites (tertiary alicyclic amines) is 1. The third kappa shape index (κ3) is 4.01. The predicted octanol–water partition coefficient (Wildman–Crippen LogP) is 2.73. The first-order valence-corrected chi connectivity index (χ1v) is 8.57. The molecule has 3 rings (SSSR count). The lowest BCUT2D eigenvalue weighted by molar-refractivity contribution is -0.126. The van der Waals surface area contributed by atoms with Crippen LogP contribution < -0.4 is 0 Å². The summed E-state index contributed by atoms with van der Waals surface area (Å²) in [6.45, 7) is 5.04. The summed E-state index contributed by atoms with van der Waals surface area (Å²) < 4.78 is 5.66. The molecule has 0 unspecified atom stereocenters. The summed E-state index contributed by atoms with van der Waals surface area (Å²) >= 11 is 1.37. The highest BCUT2D eigenvalue weighted by Gasteiger charge is 2.33. The van der Waals surface area contributed by atoms with E-state index in [9.17, 15) is 4.79 Å². The summed E-state index contributed by atoms with van der Waals surface area (Å²) in [4.78, 5) is 14.0. The van der Waals surface area contributed by atoms with E-state index in [1.165, 1.54) is 17.3 Å². The molecule has 6 heteroatoms. The van der Waals surface area contributed by atoms with E-state index >= 15 is 0 Å². The number of thioether (sulfide) groups is 1. The van der Waals surface area contributed by atoms with Gasteiger partial charge in [0.15, 0.2) is 0 Å². The molecule has 23 heavy (non-hydrogen) atoms. The normalized spacial score (nSPS) is 17.7. The molecule has 1 aliphatic heterocycles. The van der Waals surface area contributed by atoms with E-state index in [1.54, 1.807) is 11.0 Å². The van der Waals surface area contributed by atoms with Gasteiger partial charge < -0.3 is 9.32 Å². The van der Waals surface area contributed by atoms with Crippen LogP contribution >= 0.6 is 11.8 Å². The van der Waals surface area contributed by atoms with E-state index in [-0.39, 0.29) is 11.2 Å². The molecular weight excluding hydrogens is 310 g/mol. The Morgan fingerprint density at radius 2 is 2.13 bits per heavy atom. The SMILES string of the molecule is C=CCN1CC[C@H](Sc2nnc(CCc3ccccc3)o2)C1=O. The fourth-order valence-corrected chi connectivity index (χ4v) is 3.51. The zero-order chi connectivity index (χ0) is 16.1. The molecule has 0 spiro atoms. The Balaban J connectivity index is 1.53. The summed E-state index contributed by atoms with van der Waals surface area (Å²) in [5, 5.41) is 8.48. The van der Waals surface area contributed by atoms with E-state index in [2.05, 4.69) is 28.9 Å². The van der Waals surface area contributed by atoms with E-state index in [1.807, 2.05) is 18.2 Å². The number of carbonyl (C=O) groups is 1. The third-order valence-corrected chi connectivity index (χ3v) is 4.85. The lowest BCUT2D eigenvalue weighted by Crippen LogP contribution is -2.28. The molecule has 1 amide bonds. The fourth-order valence-electron chi connectivity index (χ4n) is 2.56. The minimum absolute atomic E-state index is 0.124. The van der Waals surface area contributed by atoms with Gasteiger partial charge in [-0.3, -0.25) is 4.79 Å². The van der Waals surface area contributed by atoms with E-state index < -0.39 is 0 Å². The van der Waals surface area contributed by atoms with E-state index in [4.69, 9.17) is 4.42 Å². The molecule has 1 aromatic carbocycles. The Bertz CT molecular complexity index is 671. The molecule has 1 atom stereocenters. The van der Waals surface area contributed by atoms with Crippen molar-refractivity contribution in [2.24, 2.45) is 0 Å². The van der Waals surface area contributed by atoms with Crippen molar-refractivity contribution < 1.29 is 9.21 Å². The Morgan fingerprint density at radius 1 is 1.30 bits per heavy atom. The van der Waals surface area contributed by atoms with Crippen molar-refractivity contribution in [2.75, 3.05) is 13.1 Å². The molecule has 1 aliphatic rings. The first kappa shape index (κ1) is 15.8. The van der Waals surface area contributed by atoms with Gasteiger partial charge in [-0.2, -0.15) is 0 Å². The van der Waals surface area contributed by atoms with E-state index in [0.29, 0.717) is 24.1 Å². The van der Waals surface area contributed by atoms with Crippen LogP contribution in [0.3, 0.4) is 0 Å². The van der Waals surface area contributed by atoms with Crippen LogP contribution in [-0.2, 0) is 17.6 Å². The summed E-state index contributed by atoms with van der Waals surface area (Å²) in [6, 6.07) is 10.2. The Morgan fingerprint density at radius 3 is 2.91 bits per heavy atom. The number of aryl methyl sites for hydroxylation is 2. The van der Waals surface area contributed by atoms with Crippen molar-refractivity contribution in [3.63, 3.8) is 0 Å². The molecule has 5 nitrogen and oxygen atoms in total. The van der Waals surface area contributed by atoms with Gasteiger partial charge in [-0.15, -0.1) is 16.8 Å².